The summed E-state index contributed by atoms with van der Waals surface area (Å²) in [7, 11) is 0. The van der Waals surface area contributed by atoms with Crippen molar-refractivity contribution in [2.24, 2.45) is 0 Å². The van der Waals surface area contributed by atoms with Crippen LogP contribution in [0.3, 0.4) is 0 Å². The number of hydrogen-bond donors (Lipinski definition) is 2. The Balaban J connectivity index is 1.65. The number of rotatable bonds is 8. The first kappa shape index (κ1) is 23.3. The summed E-state index contributed by atoms with van der Waals surface area (Å²) in [5.74, 6) is -0.295. The fourth-order valence-electron chi connectivity index (χ4n) is 3.13. The van der Waals surface area contributed by atoms with Gasteiger partial charge in [-0.3, -0.25) is 14.4 Å². The lowest BCUT2D eigenvalue weighted by Gasteiger charge is -2.16. The van der Waals surface area contributed by atoms with E-state index in [9.17, 15) is 14.4 Å². The van der Waals surface area contributed by atoms with Crippen molar-refractivity contribution >= 4 is 40.7 Å². The number of amides is 2. The molecule has 0 aliphatic rings. The van der Waals surface area contributed by atoms with Gasteiger partial charge in [-0.05, 0) is 74.9 Å². The van der Waals surface area contributed by atoms with Crippen LogP contribution in [0.1, 0.15) is 46.5 Å². The first-order valence-electron chi connectivity index (χ1n) is 10.4. The van der Waals surface area contributed by atoms with Gasteiger partial charge >= 0.3 is 0 Å². The summed E-state index contributed by atoms with van der Waals surface area (Å²) in [6, 6.07) is 21.8. The van der Waals surface area contributed by atoms with E-state index in [-0.39, 0.29) is 22.8 Å². The van der Waals surface area contributed by atoms with Crippen LogP contribution >= 0.6 is 11.8 Å². The second-order valence-electron chi connectivity index (χ2n) is 7.49. The van der Waals surface area contributed by atoms with Gasteiger partial charge < -0.3 is 10.6 Å². The summed E-state index contributed by atoms with van der Waals surface area (Å²) >= 11 is 1.45. The number of aryl methyl sites for hydroxylation is 1. The highest BCUT2D eigenvalue weighted by Gasteiger charge is 2.18. The lowest BCUT2D eigenvalue weighted by Crippen LogP contribution is -2.24. The Morgan fingerprint density at radius 2 is 1.56 bits per heavy atom. The van der Waals surface area contributed by atoms with Gasteiger partial charge in [0.1, 0.15) is 0 Å². The molecule has 0 aromatic heterocycles. The third-order valence-electron chi connectivity index (χ3n) is 4.87. The van der Waals surface area contributed by atoms with Gasteiger partial charge in [-0.1, -0.05) is 30.7 Å². The molecule has 3 aromatic carbocycles. The summed E-state index contributed by atoms with van der Waals surface area (Å²) < 4.78 is 0. The molecule has 3 aromatic rings. The van der Waals surface area contributed by atoms with Gasteiger partial charge in [0.2, 0.25) is 5.91 Å². The molecule has 1 atom stereocenters. The molecule has 5 nitrogen and oxygen atoms in total. The minimum atomic E-state index is -0.301. The van der Waals surface area contributed by atoms with E-state index in [1.54, 1.807) is 30.3 Å². The molecule has 0 fully saturated rings. The first-order chi connectivity index (χ1) is 15.4. The number of Topliss-reactive ketones (excluding diaryl/α,β-unsaturated/α-hetero) is 1. The summed E-state index contributed by atoms with van der Waals surface area (Å²) in [5.41, 5.74) is 3.56. The SMILES string of the molecule is CCC(Sc1cccc(NC(=O)c2cccc(C)c2)c1)C(=O)Nc1ccc(C(C)=O)cc1. The minimum absolute atomic E-state index is 0.0146. The van der Waals surface area contributed by atoms with Crippen LogP contribution < -0.4 is 10.6 Å². The molecule has 3 rings (SSSR count). The molecule has 0 saturated heterocycles. The number of hydrogen-bond acceptors (Lipinski definition) is 4. The molecule has 0 bridgehead atoms. The molecule has 0 radical (unpaired) electrons. The van der Waals surface area contributed by atoms with Crippen LogP contribution in [0.5, 0.6) is 0 Å². The molecular formula is C26H26N2O3S. The third-order valence-corrected chi connectivity index (χ3v) is 6.23. The number of thioether (sulfide) groups is 1. The smallest absolute Gasteiger partial charge is 0.255 e. The fourth-order valence-corrected chi connectivity index (χ4v) is 4.15. The Morgan fingerprint density at radius 1 is 0.844 bits per heavy atom. The van der Waals surface area contributed by atoms with Gasteiger partial charge in [-0.15, -0.1) is 11.8 Å². The van der Waals surface area contributed by atoms with Crippen LogP contribution in [-0.4, -0.2) is 22.8 Å². The molecular weight excluding hydrogens is 420 g/mol. The molecule has 164 valence electrons. The zero-order chi connectivity index (χ0) is 23.1. The van der Waals surface area contributed by atoms with E-state index in [2.05, 4.69) is 10.6 Å². The Labute approximate surface area is 192 Å². The molecule has 1 unspecified atom stereocenters. The Hall–Kier alpha value is -3.38. The van der Waals surface area contributed by atoms with Crippen molar-refractivity contribution in [3.05, 3.63) is 89.5 Å². The summed E-state index contributed by atoms with van der Waals surface area (Å²) in [6.07, 6.45) is 0.641. The van der Waals surface area contributed by atoms with E-state index in [1.165, 1.54) is 18.7 Å². The highest BCUT2D eigenvalue weighted by molar-refractivity contribution is 8.00. The lowest BCUT2D eigenvalue weighted by atomic mass is 10.1. The average Bonchev–Trinajstić information content (AvgIpc) is 2.78. The number of anilines is 2. The number of benzene rings is 3. The zero-order valence-corrected chi connectivity index (χ0v) is 19.2. The van der Waals surface area contributed by atoms with Crippen molar-refractivity contribution in [1.82, 2.24) is 0 Å². The maximum absolute atomic E-state index is 12.8. The molecule has 0 saturated carbocycles. The summed E-state index contributed by atoms with van der Waals surface area (Å²) in [5, 5.41) is 5.53. The maximum atomic E-state index is 12.8. The van der Waals surface area contributed by atoms with Crippen LogP contribution in [0.25, 0.3) is 0 Å². The molecule has 0 spiro atoms. The average molecular weight is 447 g/mol. The Morgan fingerprint density at radius 3 is 2.22 bits per heavy atom. The molecule has 0 aliphatic carbocycles. The number of carbonyl (C=O) groups is 3. The summed E-state index contributed by atoms with van der Waals surface area (Å²) in [6.45, 7) is 5.41. The van der Waals surface area contributed by atoms with Crippen molar-refractivity contribution in [3.8, 4) is 0 Å². The van der Waals surface area contributed by atoms with E-state index in [0.29, 0.717) is 28.9 Å². The molecule has 0 aliphatic heterocycles. The second kappa shape index (κ2) is 10.8. The van der Waals surface area contributed by atoms with E-state index in [0.717, 1.165) is 10.5 Å². The molecule has 2 amide bonds. The van der Waals surface area contributed by atoms with E-state index < -0.39 is 0 Å². The predicted molar refractivity (Wildman–Crippen MR) is 131 cm³/mol. The second-order valence-corrected chi connectivity index (χ2v) is 8.77. The van der Waals surface area contributed by atoms with E-state index in [1.807, 2.05) is 56.3 Å². The highest BCUT2D eigenvalue weighted by atomic mass is 32.2. The monoisotopic (exact) mass is 446 g/mol. The van der Waals surface area contributed by atoms with Gasteiger partial charge in [-0.2, -0.15) is 0 Å². The normalized spacial score (nSPS) is 11.5. The fraction of sp³-hybridized carbons (Fsp3) is 0.192. The van der Waals surface area contributed by atoms with Gasteiger partial charge in [0.05, 0.1) is 5.25 Å². The number of nitrogens with one attached hydrogen (secondary N) is 2. The van der Waals surface area contributed by atoms with Gasteiger partial charge in [0.15, 0.2) is 5.78 Å². The Bertz CT molecular complexity index is 1130. The molecule has 32 heavy (non-hydrogen) atoms. The van der Waals surface area contributed by atoms with Crippen molar-refractivity contribution < 1.29 is 14.4 Å². The largest absolute Gasteiger partial charge is 0.325 e. The van der Waals surface area contributed by atoms with E-state index in [4.69, 9.17) is 0 Å². The lowest BCUT2D eigenvalue weighted by molar-refractivity contribution is -0.115. The predicted octanol–water partition coefficient (Wildman–Crippen LogP) is 5.96. The van der Waals surface area contributed by atoms with Crippen LogP contribution in [0, 0.1) is 6.92 Å². The number of ketones is 1. The Kier molecular flexibility index (Phi) is 7.84. The van der Waals surface area contributed by atoms with Gasteiger partial charge in [0, 0.05) is 27.4 Å². The maximum Gasteiger partial charge on any atom is 0.255 e. The molecule has 2 N–H and O–H groups in total. The van der Waals surface area contributed by atoms with Crippen molar-refractivity contribution in [3.63, 3.8) is 0 Å². The quantitative estimate of drug-likeness (QED) is 0.331. The van der Waals surface area contributed by atoms with Gasteiger partial charge in [0.25, 0.3) is 5.91 Å². The zero-order valence-electron chi connectivity index (χ0n) is 18.3. The van der Waals surface area contributed by atoms with Crippen LogP contribution in [0.15, 0.2) is 77.7 Å². The van der Waals surface area contributed by atoms with Gasteiger partial charge in [-0.25, -0.2) is 0 Å². The third kappa shape index (κ3) is 6.31. The minimum Gasteiger partial charge on any atom is -0.325 e. The van der Waals surface area contributed by atoms with Crippen molar-refractivity contribution in [1.29, 1.82) is 0 Å². The van der Waals surface area contributed by atoms with Crippen LogP contribution in [0.2, 0.25) is 0 Å². The summed E-state index contributed by atoms with van der Waals surface area (Å²) in [4.78, 5) is 37.6. The molecule has 0 heterocycles. The topological polar surface area (TPSA) is 75.3 Å². The number of carbonyl (C=O) groups excluding carboxylic acids is 3. The molecule has 6 heteroatoms. The van der Waals surface area contributed by atoms with Crippen molar-refractivity contribution in [2.45, 2.75) is 37.3 Å². The highest BCUT2D eigenvalue weighted by Crippen LogP contribution is 2.29. The first-order valence-corrected chi connectivity index (χ1v) is 11.3. The van der Waals surface area contributed by atoms with Crippen molar-refractivity contribution in [2.75, 3.05) is 10.6 Å². The van der Waals surface area contributed by atoms with Crippen LogP contribution in [-0.2, 0) is 4.79 Å². The van der Waals surface area contributed by atoms with E-state index >= 15 is 0 Å². The standard InChI is InChI=1S/C26H26N2O3S/c1-4-24(26(31)27-21-13-11-19(12-14-21)18(3)29)32-23-10-6-9-22(16-23)28-25(30)20-8-5-7-17(2)15-20/h5-16,24H,4H2,1-3H3,(H,27,31)(H,28,30). The van der Waals surface area contributed by atoms with Crippen LogP contribution in [0.4, 0.5) is 11.4 Å².